The van der Waals surface area contributed by atoms with Gasteiger partial charge in [0, 0.05) is 12.5 Å². The van der Waals surface area contributed by atoms with Gasteiger partial charge in [0.1, 0.15) is 5.75 Å². The van der Waals surface area contributed by atoms with E-state index < -0.39 is 6.10 Å². The maximum absolute atomic E-state index is 11.1. The summed E-state index contributed by atoms with van der Waals surface area (Å²) in [7, 11) is 1.63. The highest BCUT2D eigenvalue weighted by atomic mass is 16.5. The normalized spacial score (nSPS) is 17.8. The van der Waals surface area contributed by atoms with Gasteiger partial charge in [-0.1, -0.05) is 12.1 Å². The molecule has 1 heterocycles. The molecule has 23 heavy (non-hydrogen) atoms. The summed E-state index contributed by atoms with van der Waals surface area (Å²) in [6, 6.07) is 7.66. The van der Waals surface area contributed by atoms with Crippen LogP contribution in [0.5, 0.6) is 5.75 Å². The van der Waals surface area contributed by atoms with Crippen LogP contribution in [0.25, 0.3) is 0 Å². The van der Waals surface area contributed by atoms with E-state index >= 15 is 0 Å². The first-order chi connectivity index (χ1) is 11.1. The van der Waals surface area contributed by atoms with Gasteiger partial charge in [0.2, 0.25) is 5.91 Å². The summed E-state index contributed by atoms with van der Waals surface area (Å²) in [5.41, 5.74) is 6.36. The molecule has 0 bridgehead atoms. The number of piperidine rings is 1. The lowest BCUT2D eigenvalue weighted by Crippen LogP contribution is -2.42. The van der Waals surface area contributed by atoms with Crippen molar-refractivity contribution in [2.24, 2.45) is 11.7 Å². The molecule has 0 spiro atoms. The molecule has 0 aromatic heterocycles. The molecule has 1 fully saturated rings. The third kappa shape index (κ3) is 5.82. The maximum atomic E-state index is 11.1. The van der Waals surface area contributed by atoms with Crippen LogP contribution >= 0.6 is 0 Å². The van der Waals surface area contributed by atoms with E-state index in [-0.39, 0.29) is 11.8 Å². The Labute approximate surface area is 137 Å². The van der Waals surface area contributed by atoms with Crippen molar-refractivity contribution in [2.45, 2.75) is 25.6 Å². The molecule has 0 unspecified atom stereocenters. The van der Waals surface area contributed by atoms with E-state index in [1.54, 1.807) is 7.11 Å². The number of nitrogens with two attached hydrogens (primary N) is 1. The summed E-state index contributed by atoms with van der Waals surface area (Å²) in [4.78, 5) is 13.3. The van der Waals surface area contributed by atoms with Crippen molar-refractivity contribution in [2.75, 3.05) is 33.4 Å². The van der Waals surface area contributed by atoms with Crippen LogP contribution in [-0.2, 0) is 16.1 Å². The second-order valence-corrected chi connectivity index (χ2v) is 5.99. The number of likely N-dealkylation sites (tertiary alicyclic amines) is 1. The molecule has 1 atom stereocenters. The molecule has 3 N–H and O–H groups in total. The number of amides is 1. The Hall–Kier alpha value is -1.63. The number of β-amino-alcohol motifs (C(OH)–C–C–N with tert-alkyl or cyclic N) is 1. The van der Waals surface area contributed by atoms with Crippen LogP contribution in [0.2, 0.25) is 0 Å². The van der Waals surface area contributed by atoms with E-state index in [9.17, 15) is 9.90 Å². The van der Waals surface area contributed by atoms with Crippen molar-refractivity contribution in [1.29, 1.82) is 0 Å². The Morgan fingerprint density at radius 3 is 2.57 bits per heavy atom. The zero-order valence-electron chi connectivity index (χ0n) is 13.6. The largest absolute Gasteiger partial charge is 0.497 e. The monoisotopic (exact) mass is 322 g/mol. The second-order valence-electron chi connectivity index (χ2n) is 5.99. The van der Waals surface area contributed by atoms with Crippen molar-refractivity contribution in [1.82, 2.24) is 4.90 Å². The second kappa shape index (κ2) is 8.86. The van der Waals surface area contributed by atoms with Gasteiger partial charge in [0.15, 0.2) is 0 Å². The van der Waals surface area contributed by atoms with Crippen LogP contribution in [0.4, 0.5) is 0 Å². The van der Waals surface area contributed by atoms with E-state index in [4.69, 9.17) is 15.2 Å². The van der Waals surface area contributed by atoms with Gasteiger partial charge in [-0.15, -0.1) is 0 Å². The Morgan fingerprint density at radius 2 is 2.00 bits per heavy atom. The van der Waals surface area contributed by atoms with E-state index in [0.717, 1.165) is 37.2 Å². The first-order valence-corrected chi connectivity index (χ1v) is 7.99. The molecule has 1 aliphatic heterocycles. The van der Waals surface area contributed by atoms with Crippen molar-refractivity contribution in [3.63, 3.8) is 0 Å². The average Bonchev–Trinajstić information content (AvgIpc) is 2.56. The minimum absolute atomic E-state index is 0.0188. The molecule has 1 aromatic rings. The fourth-order valence-electron chi connectivity index (χ4n) is 2.79. The Bertz CT molecular complexity index is 484. The molecule has 0 radical (unpaired) electrons. The molecule has 2 rings (SSSR count). The van der Waals surface area contributed by atoms with Gasteiger partial charge in [0.05, 0.1) is 26.4 Å². The van der Waals surface area contributed by atoms with Gasteiger partial charge in [0.25, 0.3) is 0 Å². The van der Waals surface area contributed by atoms with Gasteiger partial charge in [-0.3, -0.25) is 4.79 Å². The summed E-state index contributed by atoms with van der Waals surface area (Å²) in [5, 5.41) is 10.1. The van der Waals surface area contributed by atoms with Gasteiger partial charge < -0.3 is 25.2 Å². The standard InChI is InChI=1S/C17H26N2O4/c1-22-16-4-2-13(3-5-16)11-23-12-15(20)10-19-8-6-14(7-9-19)17(18)21/h2-5,14-15,20H,6-12H2,1H3,(H2,18,21)/t15-/m0/s1. The first kappa shape index (κ1) is 17.7. The molecule has 6 heteroatoms. The highest BCUT2D eigenvalue weighted by molar-refractivity contribution is 5.76. The predicted octanol–water partition coefficient (Wildman–Crippen LogP) is 0.770. The van der Waals surface area contributed by atoms with Gasteiger partial charge >= 0.3 is 0 Å². The van der Waals surface area contributed by atoms with Crippen LogP contribution in [-0.4, -0.2) is 55.4 Å². The number of ether oxygens (including phenoxy) is 2. The number of hydrogen-bond donors (Lipinski definition) is 2. The van der Waals surface area contributed by atoms with Crippen molar-refractivity contribution in [3.8, 4) is 5.75 Å². The maximum Gasteiger partial charge on any atom is 0.220 e. The number of rotatable bonds is 8. The highest BCUT2D eigenvalue weighted by Gasteiger charge is 2.24. The van der Waals surface area contributed by atoms with Gasteiger partial charge in [-0.2, -0.15) is 0 Å². The molecule has 128 valence electrons. The number of nitrogens with zero attached hydrogens (tertiary/aromatic N) is 1. The number of carbonyl (C=O) groups is 1. The van der Waals surface area contributed by atoms with Crippen LogP contribution in [0.3, 0.4) is 0 Å². The number of hydrogen-bond acceptors (Lipinski definition) is 5. The number of carbonyl (C=O) groups excluding carboxylic acids is 1. The number of benzene rings is 1. The van der Waals surface area contributed by atoms with Crippen LogP contribution in [0, 0.1) is 5.92 Å². The summed E-state index contributed by atoms with van der Waals surface area (Å²) in [5.74, 6) is 0.580. The summed E-state index contributed by atoms with van der Waals surface area (Å²) >= 11 is 0. The summed E-state index contributed by atoms with van der Waals surface area (Å²) in [6.45, 7) is 2.91. The van der Waals surface area contributed by atoms with Crippen LogP contribution < -0.4 is 10.5 Å². The Morgan fingerprint density at radius 1 is 1.35 bits per heavy atom. The molecule has 1 aliphatic rings. The highest BCUT2D eigenvalue weighted by Crippen LogP contribution is 2.17. The SMILES string of the molecule is COc1ccc(COC[C@@H](O)CN2CCC(C(N)=O)CC2)cc1. The Kier molecular flexibility index (Phi) is 6.83. The fraction of sp³-hybridized carbons (Fsp3) is 0.588. The lowest BCUT2D eigenvalue weighted by Gasteiger charge is -2.31. The Balaban J connectivity index is 1.63. The zero-order chi connectivity index (χ0) is 16.7. The zero-order valence-corrected chi connectivity index (χ0v) is 13.6. The molecule has 6 nitrogen and oxygen atoms in total. The third-order valence-corrected chi connectivity index (χ3v) is 4.20. The quantitative estimate of drug-likeness (QED) is 0.738. The third-order valence-electron chi connectivity index (χ3n) is 4.20. The molecule has 0 saturated carbocycles. The summed E-state index contributed by atoms with van der Waals surface area (Å²) in [6.07, 6.45) is 1.02. The van der Waals surface area contributed by atoms with E-state index in [1.165, 1.54) is 0 Å². The van der Waals surface area contributed by atoms with Gasteiger partial charge in [-0.25, -0.2) is 0 Å². The van der Waals surface area contributed by atoms with Crippen molar-refractivity contribution < 1.29 is 19.4 Å². The van der Waals surface area contributed by atoms with E-state index in [0.29, 0.717) is 19.8 Å². The minimum Gasteiger partial charge on any atom is -0.497 e. The van der Waals surface area contributed by atoms with Crippen LogP contribution in [0.1, 0.15) is 18.4 Å². The first-order valence-electron chi connectivity index (χ1n) is 7.99. The average molecular weight is 322 g/mol. The molecule has 1 aromatic carbocycles. The number of aliphatic hydroxyl groups is 1. The fourth-order valence-corrected chi connectivity index (χ4v) is 2.79. The molecular weight excluding hydrogens is 296 g/mol. The smallest absolute Gasteiger partial charge is 0.220 e. The lowest BCUT2D eigenvalue weighted by molar-refractivity contribution is -0.123. The number of aliphatic hydroxyl groups excluding tert-OH is 1. The van der Waals surface area contributed by atoms with Crippen molar-refractivity contribution in [3.05, 3.63) is 29.8 Å². The van der Waals surface area contributed by atoms with E-state index in [1.807, 2.05) is 24.3 Å². The van der Waals surface area contributed by atoms with Crippen molar-refractivity contribution >= 4 is 5.91 Å². The molecule has 0 aliphatic carbocycles. The van der Waals surface area contributed by atoms with E-state index in [2.05, 4.69) is 4.90 Å². The summed E-state index contributed by atoms with van der Waals surface area (Å²) < 4.78 is 10.7. The molecular formula is C17H26N2O4. The minimum atomic E-state index is -0.529. The molecule has 1 saturated heterocycles. The van der Waals surface area contributed by atoms with Gasteiger partial charge in [-0.05, 0) is 43.6 Å². The number of primary amides is 1. The topological polar surface area (TPSA) is 85.0 Å². The number of methoxy groups -OCH3 is 1. The lowest BCUT2D eigenvalue weighted by atomic mass is 9.96. The van der Waals surface area contributed by atoms with Crippen LogP contribution in [0.15, 0.2) is 24.3 Å². The molecule has 1 amide bonds. The predicted molar refractivity (Wildman–Crippen MR) is 87.0 cm³/mol.